The lowest BCUT2D eigenvalue weighted by Crippen LogP contribution is -2.59. The van der Waals surface area contributed by atoms with E-state index in [1.807, 2.05) is 19.6 Å². The van der Waals surface area contributed by atoms with Gasteiger partial charge >= 0.3 is 0 Å². The van der Waals surface area contributed by atoms with Gasteiger partial charge in [-0.3, -0.25) is 9.89 Å². The molecule has 4 rings (SSSR count). The molecule has 1 aromatic rings. The van der Waals surface area contributed by atoms with Crippen LogP contribution in [-0.4, -0.2) is 83.8 Å². The van der Waals surface area contributed by atoms with Crippen LogP contribution in [-0.2, 0) is 4.74 Å². The first-order valence-electron chi connectivity index (χ1n) is 11.0. The van der Waals surface area contributed by atoms with Crippen LogP contribution in [0.4, 0.5) is 0 Å². The molecule has 0 aliphatic carbocycles. The topological polar surface area (TPSA) is 57.9 Å². The molecule has 29 heavy (non-hydrogen) atoms. The lowest BCUT2D eigenvalue weighted by Gasteiger charge is -2.46. The molecule has 3 aliphatic rings. The molecular weight excluding hydrogens is 479 g/mol. The van der Waals surface area contributed by atoms with Gasteiger partial charge in [-0.2, -0.15) is 0 Å². The van der Waals surface area contributed by atoms with Crippen molar-refractivity contribution in [1.29, 1.82) is 0 Å². The zero-order chi connectivity index (χ0) is 19.4. The van der Waals surface area contributed by atoms with E-state index in [-0.39, 0.29) is 29.5 Å². The van der Waals surface area contributed by atoms with Gasteiger partial charge in [-0.1, -0.05) is 6.92 Å². The molecule has 0 spiro atoms. The second-order valence-electron chi connectivity index (χ2n) is 8.72. The molecule has 164 valence electrons. The predicted octanol–water partition coefficient (Wildman–Crippen LogP) is 2.60. The van der Waals surface area contributed by atoms with Gasteiger partial charge in [0.2, 0.25) is 0 Å². The van der Waals surface area contributed by atoms with Crippen LogP contribution in [0.5, 0.6) is 0 Å². The maximum absolute atomic E-state index is 5.70. The number of piperidine rings is 1. The molecule has 3 fully saturated rings. The summed E-state index contributed by atoms with van der Waals surface area (Å²) in [7, 11) is 1.92. The summed E-state index contributed by atoms with van der Waals surface area (Å²) in [5.41, 5.74) is 0.220. The molecule has 1 N–H and O–H groups in total. The van der Waals surface area contributed by atoms with Gasteiger partial charge in [-0.15, -0.1) is 24.0 Å². The van der Waals surface area contributed by atoms with E-state index in [0.717, 1.165) is 51.6 Å². The van der Waals surface area contributed by atoms with Crippen LogP contribution in [0, 0.1) is 5.92 Å². The standard InChI is InChI=1S/C21H36N6O.HI/c1-18-5-11-25(15-19(18)26-12-8-23-17-26)20(22-2)24-16-21(6-13-28-14-7-21)27-9-3-4-10-27;/h8,12,17-19H,3-7,9-11,13-16H2,1-2H3,(H,22,24);1H. The molecule has 4 heterocycles. The fraction of sp³-hybridized carbons (Fsp3) is 0.810. The van der Waals surface area contributed by atoms with E-state index in [0.29, 0.717) is 12.0 Å². The van der Waals surface area contributed by atoms with Crippen molar-refractivity contribution in [2.75, 3.05) is 53.0 Å². The van der Waals surface area contributed by atoms with Crippen LogP contribution in [0.25, 0.3) is 0 Å². The lowest BCUT2D eigenvalue weighted by atomic mass is 9.88. The van der Waals surface area contributed by atoms with Crippen LogP contribution in [0.15, 0.2) is 23.7 Å². The van der Waals surface area contributed by atoms with Crippen molar-refractivity contribution >= 4 is 29.9 Å². The van der Waals surface area contributed by atoms with Crippen LogP contribution < -0.4 is 5.32 Å². The van der Waals surface area contributed by atoms with E-state index >= 15 is 0 Å². The Labute approximate surface area is 192 Å². The third-order valence-electron chi connectivity index (χ3n) is 7.11. The van der Waals surface area contributed by atoms with E-state index in [4.69, 9.17) is 4.74 Å². The highest BCUT2D eigenvalue weighted by molar-refractivity contribution is 14.0. The molecule has 2 unspecified atom stereocenters. The van der Waals surface area contributed by atoms with Gasteiger partial charge < -0.3 is 19.5 Å². The molecule has 3 aliphatic heterocycles. The minimum Gasteiger partial charge on any atom is -0.381 e. The highest BCUT2D eigenvalue weighted by Gasteiger charge is 2.40. The number of likely N-dealkylation sites (tertiary alicyclic amines) is 2. The Balaban J connectivity index is 0.00000240. The van der Waals surface area contributed by atoms with Gasteiger partial charge in [0.25, 0.3) is 0 Å². The number of aromatic nitrogens is 2. The van der Waals surface area contributed by atoms with E-state index in [1.165, 1.54) is 32.4 Å². The van der Waals surface area contributed by atoms with Gasteiger partial charge in [0.15, 0.2) is 5.96 Å². The third kappa shape index (κ3) is 5.07. The molecule has 0 aromatic carbocycles. The Morgan fingerprint density at radius 2 is 2.00 bits per heavy atom. The molecule has 1 aromatic heterocycles. The van der Waals surface area contributed by atoms with E-state index in [9.17, 15) is 0 Å². The van der Waals surface area contributed by atoms with Crippen molar-refractivity contribution in [1.82, 2.24) is 24.7 Å². The van der Waals surface area contributed by atoms with Gasteiger partial charge in [0.1, 0.15) is 0 Å². The Kier molecular flexibility index (Phi) is 8.21. The molecule has 7 nitrogen and oxygen atoms in total. The molecule has 0 radical (unpaired) electrons. The minimum absolute atomic E-state index is 0. The zero-order valence-electron chi connectivity index (χ0n) is 17.9. The highest BCUT2D eigenvalue weighted by Crippen LogP contribution is 2.31. The molecule has 8 heteroatoms. The van der Waals surface area contributed by atoms with Crippen LogP contribution in [0.2, 0.25) is 0 Å². The fourth-order valence-electron chi connectivity index (χ4n) is 5.22. The lowest BCUT2D eigenvalue weighted by molar-refractivity contribution is -0.0167. The van der Waals surface area contributed by atoms with Crippen molar-refractivity contribution in [3.8, 4) is 0 Å². The highest BCUT2D eigenvalue weighted by atomic mass is 127. The van der Waals surface area contributed by atoms with Crippen molar-refractivity contribution in [3.63, 3.8) is 0 Å². The molecule has 0 bridgehead atoms. The summed E-state index contributed by atoms with van der Waals surface area (Å²) in [5, 5.41) is 3.76. The number of nitrogens with one attached hydrogen (secondary N) is 1. The number of imidazole rings is 1. The maximum atomic E-state index is 5.70. The smallest absolute Gasteiger partial charge is 0.193 e. The summed E-state index contributed by atoms with van der Waals surface area (Å²) in [5.74, 6) is 1.69. The molecule has 2 atom stereocenters. The minimum atomic E-state index is 0. The van der Waals surface area contributed by atoms with Crippen molar-refractivity contribution in [2.45, 2.75) is 50.6 Å². The largest absolute Gasteiger partial charge is 0.381 e. The first kappa shape index (κ1) is 22.8. The number of hydrogen-bond donors (Lipinski definition) is 1. The number of ether oxygens (including phenoxy) is 1. The molecule has 3 saturated heterocycles. The summed E-state index contributed by atoms with van der Waals surface area (Å²) in [6.45, 7) is 9.56. The summed E-state index contributed by atoms with van der Waals surface area (Å²) in [6.07, 6.45) is 12.0. The van der Waals surface area contributed by atoms with E-state index < -0.39 is 0 Å². The van der Waals surface area contributed by atoms with Crippen molar-refractivity contribution in [3.05, 3.63) is 18.7 Å². The number of aliphatic imine (C=N–C) groups is 1. The van der Waals surface area contributed by atoms with Gasteiger partial charge in [-0.25, -0.2) is 4.98 Å². The van der Waals surface area contributed by atoms with Gasteiger partial charge in [0, 0.05) is 57.8 Å². The third-order valence-corrected chi connectivity index (χ3v) is 7.11. The van der Waals surface area contributed by atoms with Gasteiger partial charge in [0.05, 0.1) is 12.4 Å². The second kappa shape index (κ2) is 10.4. The maximum Gasteiger partial charge on any atom is 0.193 e. The second-order valence-corrected chi connectivity index (χ2v) is 8.72. The first-order chi connectivity index (χ1) is 13.7. The Hall–Kier alpha value is -0.870. The Morgan fingerprint density at radius 1 is 1.24 bits per heavy atom. The summed E-state index contributed by atoms with van der Waals surface area (Å²) in [4.78, 5) is 14.0. The van der Waals surface area contributed by atoms with Crippen molar-refractivity contribution < 1.29 is 4.74 Å². The van der Waals surface area contributed by atoms with E-state index in [2.05, 4.69) is 42.8 Å². The average molecular weight is 516 g/mol. The number of guanidine groups is 1. The number of halogens is 1. The summed E-state index contributed by atoms with van der Waals surface area (Å²) >= 11 is 0. The van der Waals surface area contributed by atoms with Gasteiger partial charge in [-0.05, 0) is 51.1 Å². The number of hydrogen-bond acceptors (Lipinski definition) is 4. The Morgan fingerprint density at radius 3 is 2.66 bits per heavy atom. The molecule has 0 saturated carbocycles. The van der Waals surface area contributed by atoms with Crippen LogP contribution in [0.3, 0.4) is 0 Å². The predicted molar refractivity (Wildman–Crippen MR) is 127 cm³/mol. The summed E-state index contributed by atoms with van der Waals surface area (Å²) in [6, 6.07) is 0.449. The SMILES string of the molecule is CN=C(NCC1(N2CCCC2)CCOCC1)N1CCC(C)C(n2ccnc2)C1.I. The van der Waals surface area contributed by atoms with Crippen LogP contribution >= 0.6 is 24.0 Å². The number of rotatable bonds is 4. The average Bonchev–Trinajstić information content (AvgIpc) is 3.45. The van der Waals surface area contributed by atoms with Crippen LogP contribution in [0.1, 0.15) is 45.1 Å². The van der Waals surface area contributed by atoms with Crippen molar-refractivity contribution in [2.24, 2.45) is 10.9 Å². The first-order valence-corrected chi connectivity index (χ1v) is 11.0. The summed E-state index contributed by atoms with van der Waals surface area (Å²) < 4.78 is 7.96. The molecule has 0 amide bonds. The normalized spacial score (nSPS) is 28.2. The number of nitrogens with zero attached hydrogens (tertiary/aromatic N) is 5. The monoisotopic (exact) mass is 516 g/mol. The fourth-order valence-corrected chi connectivity index (χ4v) is 5.22. The Bertz CT molecular complexity index is 640. The quantitative estimate of drug-likeness (QED) is 0.379. The van der Waals surface area contributed by atoms with E-state index in [1.54, 1.807) is 0 Å². The molecular formula is C21H37IN6O. The zero-order valence-corrected chi connectivity index (χ0v) is 20.3.